The van der Waals surface area contributed by atoms with E-state index < -0.39 is 0 Å². The predicted molar refractivity (Wildman–Crippen MR) is 49.3 cm³/mol. The van der Waals surface area contributed by atoms with Crippen molar-refractivity contribution in [2.75, 3.05) is 12.4 Å². The molecule has 0 spiro atoms. The molecule has 0 bridgehead atoms. The molecule has 0 aliphatic heterocycles. The van der Waals surface area contributed by atoms with E-state index in [0.29, 0.717) is 0 Å². The molecule has 54 valence electrons. The van der Waals surface area contributed by atoms with E-state index in [0.717, 1.165) is 15.9 Å². The van der Waals surface area contributed by atoms with Crippen molar-refractivity contribution in [2.45, 2.75) is 4.43 Å². The average Bonchev–Trinajstić information content (AvgIpc) is 2.04. The lowest BCUT2D eigenvalue weighted by atomic mass is 10.4. The van der Waals surface area contributed by atoms with Gasteiger partial charge in [-0.05, 0) is 0 Å². The summed E-state index contributed by atoms with van der Waals surface area (Å²) >= 11 is 2.26. The van der Waals surface area contributed by atoms with E-state index >= 15 is 0 Å². The lowest BCUT2D eigenvalue weighted by Crippen LogP contribution is -1.98. The first-order valence-electron chi connectivity index (χ1n) is 2.92. The molecular weight excluding hydrogens is 241 g/mol. The van der Waals surface area contributed by atoms with Crippen molar-refractivity contribution in [2.24, 2.45) is 0 Å². The van der Waals surface area contributed by atoms with Gasteiger partial charge in [-0.25, -0.2) is 4.98 Å². The maximum atomic E-state index is 4.14. The normalized spacial score (nSPS) is 9.40. The van der Waals surface area contributed by atoms with Crippen LogP contribution in [0.15, 0.2) is 12.4 Å². The molecule has 0 radical (unpaired) electrons. The molecule has 1 aromatic rings. The second kappa shape index (κ2) is 3.70. The molecule has 0 atom stereocenters. The number of nitrogens with zero attached hydrogens (tertiary/aromatic N) is 2. The van der Waals surface area contributed by atoms with Crippen molar-refractivity contribution < 1.29 is 0 Å². The van der Waals surface area contributed by atoms with Crippen LogP contribution in [0.5, 0.6) is 0 Å². The number of anilines is 1. The second-order valence-corrected chi connectivity index (χ2v) is 2.50. The summed E-state index contributed by atoms with van der Waals surface area (Å²) in [7, 11) is 1.85. The summed E-state index contributed by atoms with van der Waals surface area (Å²) in [5, 5.41) is 2.97. The molecule has 0 saturated heterocycles. The van der Waals surface area contributed by atoms with Crippen LogP contribution in [0.25, 0.3) is 0 Å². The molecule has 10 heavy (non-hydrogen) atoms. The fraction of sp³-hybridized carbons (Fsp3) is 0.333. The van der Waals surface area contributed by atoms with Crippen molar-refractivity contribution in [1.82, 2.24) is 9.97 Å². The van der Waals surface area contributed by atoms with Crippen LogP contribution < -0.4 is 5.32 Å². The maximum Gasteiger partial charge on any atom is 0.148 e. The maximum absolute atomic E-state index is 4.14. The summed E-state index contributed by atoms with van der Waals surface area (Å²) in [6.45, 7) is 0. The van der Waals surface area contributed by atoms with Gasteiger partial charge in [0.25, 0.3) is 0 Å². The topological polar surface area (TPSA) is 37.8 Å². The zero-order chi connectivity index (χ0) is 7.40. The monoisotopic (exact) mass is 249 g/mol. The third-order valence-corrected chi connectivity index (χ3v) is 1.86. The van der Waals surface area contributed by atoms with E-state index in [1.807, 2.05) is 7.05 Å². The molecule has 0 fully saturated rings. The van der Waals surface area contributed by atoms with E-state index in [4.69, 9.17) is 0 Å². The van der Waals surface area contributed by atoms with Gasteiger partial charge in [0.2, 0.25) is 0 Å². The highest BCUT2D eigenvalue weighted by atomic mass is 127. The largest absolute Gasteiger partial charge is 0.372 e. The van der Waals surface area contributed by atoms with Gasteiger partial charge >= 0.3 is 0 Å². The lowest BCUT2D eigenvalue weighted by molar-refractivity contribution is 1.11. The van der Waals surface area contributed by atoms with Crippen molar-refractivity contribution >= 4 is 28.4 Å². The van der Waals surface area contributed by atoms with E-state index in [1.54, 1.807) is 12.4 Å². The van der Waals surface area contributed by atoms with Gasteiger partial charge in [0, 0.05) is 23.9 Å². The number of halogens is 1. The Morgan fingerprint density at radius 1 is 1.50 bits per heavy atom. The molecule has 1 rings (SSSR count). The molecule has 0 aliphatic carbocycles. The van der Waals surface area contributed by atoms with Crippen LogP contribution >= 0.6 is 22.6 Å². The van der Waals surface area contributed by atoms with Crippen LogP contribution in [0.3, 0.4) is 0 Å². The Morgan fingerprint density at radius 3 is 2.70 bits per heavy atom. The summed E-state index contributed by atoms with van der Waals surface area (Å²) in [5.41, 5.74) is 1.01. The van der Waals surface area contributed by atoms with Gasteiger partial charge in [-0.1, -0.05) is 22.6 Å². The van der Waals surface area contributed by atoms with Gasteiger partial charge in [-0.2, -0.15) is 0 Å². The number of rotatable bonds is 2. The average molecular weight is 249 g/mol. The molecular formula is C6H8IN3. The summed E-state index contributed by atoms with van der Waals surface area (Å²) in [4.78, 5) is 8.23. The highest BCUT2D eigenvalue weighted by molar-refractivity contribution is 14.1. The minimum atomic E-state index is 0.872. The third-order valence-electron chi connectivity index (χ3n) is 1.14. The van der Waals surface area contributed by atoms with Gasteiger partial charge in [-0.3, -0.25) is 4.98 Å². The molecule has 0 unspecified atom stereocenters. The Bertz CT molecular complexity index is 191. The van der Waals surface area contributed by atoms with Crippen molar-refractivity contribution in [1.29, 1.82) is 0 Å². The summed E-state index contributed by atoms with van der Waals surface area (Å²) in [5.74, 6) is 0.872. The number of alkyl halides is 1. The Kier molecular flexibility index (Phi) is 2.85. The Balaban J connectivity index is 2.96. The van der Waals surface area contributed by atoms with Crippen LogP contribution in [-0.2, 0) is 4.43 Å². The highest BCUT2D eigenvalue weighted by Gasteiger charge is 1.98. The van der Waals surface area contributed by atoms with Crippen LogP contribution in [0.2, 0.25) is 0 Å². The van der Waals surface area contributed by atoms with E-state index in [1.165, 1.54) is 0 Å². The molecule has 0 saturated carbocycles. The van der Waals surface area contributed by atoms with E-state index in [9.17, 15) is 0 Å². The first-order valence-corrected chi connectivity index (χ1v) is 4.44. The summed E-state index contributed by atoms with van der Waals surface area (Å²) in [6.07, 6.45) is 3.39. The van der Waals surface area contributed by atoms with Crippen LogP contribution in [0, 0.1) is 0 Å². The fourth-order valence-electron chi connectivity index (χ4n) is 0.673. The smallest absolute Gasteiger partial charge is 0.148 e. The van der Waals surface area contributed by atoms with Crippen LogP contribution in [-0.4, -0.2) is 17.0 Å². The van der Waals surface area contributed by atoms with Crippen LogP contribution in [0.4, 0.5) is 5.82 Å². The molecule has 1 N–H and O–H groups in total. The van der Waals surface area contributed by atoms with Crippen LogP contribution in [0.1, 0.15) is 5.69 Å². The molecule has 1 heterocycles. The first-order chi connectivity index (χ1) is 4.88. The molecule has 0 aromatic carbocycles. The Labute approximate surface area is 73.4 Å². The third kappa shape index (κ3) is 1.56. The van der Waals surface area contributed by atoms with Crippen molar-refractivity contribution in [3.63, 3.8) is 0 Å². The Morgan fingerprint density at radius 2 is 2.20 bits per heavy atom. The number of hydrogen-bond donors (Lipinski definition) is 1. The zero-order valence-electron chi connectivity index (χ0n) is 5.63. The van der Waals surface area contributed by atoms with Gasteiger partial charge < -0.3 is 5.32 Å². The predicted octanol–water partition coefficient (Wildman–Crippen LogP) is 1.45. The van der Waals surface area contributed by atoms with Gasteiger partial charge in [0.1, 0.15) is 5.82 Å². The van der Waals surface area contributed by atoms with Crippen molar-refractivity contribution in [3.05, 3.63) is 18.1 Å². The second-order valence-electron chi connectivity index (χ2n) is 1.74. The van der Waals surface area contributed by atoms with Crippen molar-refractivity contribution in [3.8, 4) is 0 Å². The summed E-state index contributed by atoms with van der Waals surface area (Å²) < 4.78 is 0.891. The first kappa shape index (κ1) is 7.71. The molecule has 0 amide bonds. The summed E-state index contributed by atoms with van der Waals surface area (Å²) in [6, 6.07) is 0. The number of aromatic nitrogens is 2. The minimum Gasteiger partial charge on any atom is -0.372 e. The number of hydrogen-bond acceptors (Lipinski definition) is 3. The van der Waals surface area contributed by atoms with E-state index in [2.05, 4.69) is 37.9 Å². The number of nitrogens with one attached hydrogen (secondary N) is 1. The fourth-order valence-corrected chi connectivity index (χ4v) is 1.23. The Hall–Kier alpha value is -0.390. The SMILES string of the molecule is CNc1nccnc1CI. The standard InChI is InChI=1S/C6H8IN3/c1-8-6-5(4-7)9-2-3-10-6/h2-3H,4H2,1H3,(H,8,10). The zero-order valence-corrected chi connectivity index (χ0v) is 7.79. The van der Waals surface area contributed by atoms with Gasteiger partial charge in [0.15, 0.2) is 0 Å². The molecule has 3 nitrogen and oxygen atoms in total. The minimum absolute atomic E-state index is 0.872. The van der Waals surface area contributed by atoms with E-state index in [-0.39, 0.29) is 0 Å². The lowest BCUT2D eigenvalue weighted by Gasteiger charge is -2.01. The van der Waals surface area contributed by atoms with Gasteiger partial charge in [0.05, 0.1) is 5.69 Å². The molecule has 4 heteroatoms. The highest BCUT2D eigenvalue weighted by Crippen LogP contribution is 2.10. The molecule has 0 aliphatic rings. The molecule has 1 aromatic heterocycles. The quantitative estimate of drug-likeness (QED) is 0.636. The van der Waals surface area contributed by atoms with Gasteiger partial charge in [-0.15, -0.1) is 0 Å².